The topological polar surface area (TPSA) is 52.9 Å². The molecule has 2 N–H and O–H groups in total. The molecule has 23 heavy (non-hydrogen) atoms. The molecule has 1 heterocycles. The van der Waals surface area contributed by atoms with E-state index in [0.29, 0.717) is 0 Å². The first-order valence-electron chi connectivity index (χ1n) is 7.84. The molecule has 0 spiro atoms. The van der Waals surface area contributed by atoms with Gasteiger partial charge < -0.3 is 14.9 Å². The van der Waals surface area contributed by atoms with Gasteiger partial charge in [-0.15, -0.1) is 12.4 Å². The summed E-state index contributed by atoms with van der Waals surface area (Å²) in [7, 11) is 0. The normalized spacial score (nSPS) is 22.0. The Morgan fingerprint density at radius 2 is 1.83 bits per heavy atom. The van der Waals surface area contributed by atoms with Crippen LogP contribution in [0, 0.1) is 0 Å². The summed E-state index contributed by atoms with van der Waals surface area (Å²) < 4.78 is 5.76. The first kappa shape index (κ1) is 17.9. The SMILES string of the molecule is CC1CN(CCc2cccc3cc(O)cc(O)c23)CC(C)O1.Cl. The number of hydrogen-bond donors (Lipinski definition) is 2. The fourth-order valence-corrected chi connectivity index (χ4v) is 3.42. The van der Waals surface area contributed by atoms with Crippen LogP contribution in [0.1, 0.15) is 19.4 Å². The Morgan fingerprint density at radius 1 is 1.13 bits per heavy atom. The molecule has 1 aliphatic heterocycles. The van der Waals surface area contributed by atoms with Crippen molar-refractivity contribution in [3.05, 3.63) is 35.9 Å². The van der Waals surface area contributed by atoms with Gasteiger partial charge in [0.2, 0.25) is 0 Å². The molecule has 2 unspecified atom stereocenters. The minimum atomic E-state index is 0. The van der Waals surface area contributed by atoms with Crippen molar-refractivity contribution in [2.75, 3.05) is 19.6 Å². The smallest absolute Gasteiger partial charge is 0.127 e. The Bertz CT molecular complexity index is 667. The number of fused-ring (bicyclic) bond motifs is 1. The number of benzene rings is 2. The molecular formula is C18H24ClNO3. The molecule has 0 radical (unpaired) electrons. The first-order valence-corrected chi connectivity index (χ1v) is 7.84. The van der Waals surface area contributed by atoms with Gasteiger partial charge in [-0.05, 0) is 37.3 Å². The Morgan fingerprint density at radius 3 is 2.52 bits per heavy atom. The summed E-state index contributed by atoms with van der Waals surface area (Å²) in [4.78, 5) is 2.41. The van der Waals surface area contributed by atoms with Gasteiger partial charge in [0.05, 0.1) is 12.2 Å². The largest absolute Gasteiger partial charge is 0.508 e. The lowest BCUT2D eigenvalue weighted by molar-refractivity contribution is -0.0675. The van der Waals surface area contributed by atoms with Gasteiger partial charge in [-0.3, -0.25) is 4.90 Å². The zero-order valence-corrected chi connectivity index (χ0v) is 14.3. The lowest BCUT2D eigenvalue weighted by atomic mass is 10.0. The third-order valence-corrected chi connectivity index (χ3v) is 4.22. The maximum Gasteiger partial charge on any atom is 0.127 e. The molecule has 2 aromatic rings. The number of nitrogens with zero attached hydrogens (tertiary/aromatic N) is 1. The van der Waals surface area contributed by atoms with Crippen LogP contribution in [-0.2, 0) is 11.2 Å². The van der Waals surface area contributed by atoms with E-state index < -0.39 is 0 Å². The van der Waals surface area contributed by atoms with Crippen LogP contribution in [0.15, 0.2) is 30.3 Å². The minimum Gasteiger partial charge on any atom is -0.508 e. The summed E-state index contributed by atoms with van der Waals surface area (Å²) >= 11 is 0. The molecule has 1 fully saturated rings. The van der Waals surface area contributed by atoms with Gasteiger partial charge in [-0.25, -0.2) is 0 Å². The Hall–Kier alpha value is -1.49. The average Bonchev–Trinajstić information content (AvgIpc) is 2.43. The number of aromatic hydroxyl groups is 2. The highest BCUT2D eigenvalue weighted by molar-refractivity contribution is 5.92. The maximum absolute atomic E-state index is 10.2. The second-order valence-corrected chi connectivity index (χ2v) is 6.25. The van der Waals surface area contributed by atoms with Crippen LogP contribution in [0.2, 0.25) is 0 Å². The van der Waals surface area contributed by atoms with Crippen molar-refractivity contribution in [3.8, 4) is 11.5 Å². The van der Waals surface area contributed by atoms with Crippen molar-refractivity contribution in [1.29, 1.82) is 0 Å². The number of phenolic OH excluding ortho intramolecular Hbond substituents is 2. The fraction of sp³-hybridized carbons (Fsp3) is 0.444. The Labute approximate surface area is 143 Å². The van der Waals surface area contributed by atoms with Crippen LogP contribution in [0.25, 0.3) is 10.8 Å². The monoisotopic (exact) mass is 337 g/mol. The van der Waals surface area contributed by atoms with Crippen molar-refractivity contribution in [3.63, 3.8) is 0 Å². The van der Waals surface area contributed by atoms with E-state index in [1.165, 1.54) is 6.07 Å². The highest BCUT2D eigenvalue weighted by Gasteiger charge is 2.22. The highest BCUT2D eigenvalue weighted by atomic mass is 35.5. The van der Waals surface area contributed by atoms with Gasteiger partial charge in [0, 0.05) is 31.1 Å². The second-order valence-electron chi connectivity index (χ2n) is 6.25. The average molecular weight is 338 g/mol. The number of rotatable bonds is 3. The third kappa shape index (κ3) is 4.08. The molecule has 1 aliphatic rings. The number of phenols is 2. The molecule has 2 atom stereocenters. The second kappa shape index (κ2) is 7.39. The molecule has 0 aromatic heterocycles. The van der Waals surface area contributed by atoms with E-state index in [4.69, 9.17) is 4.74 Å². The van der Waals surface area contributed by atoms with Gasteiger partial charge in [-0.2, -0.15) is 0 Å². The van der Waals surface area contributed by atoms with Crippen LogP contribution in [0.5, 0.6) is 11.5 Å². The van der Waals surface area contributed by atoms with E-state index in [1.807, 2.05) is 18.2 Å². The summed E-state index contributed by atoms with van der Waals surface area (Å²) in [6.07, 6.45) is 1.40. The summed E-state index contributed by atoms with van der Waals surface area (Å²) in [5.74, 6) is 0.243. The van der Waals surface area contributed by atoms with Crippen molar-refractivity contribution in [1.82, 2.24) is 4.90 Å². The number of ether oxygens (including phenoxy) is 1. The van der Waals surface area contributed by atoms with Crippen LogP contribution in [0.3, 0.4) is 0 Å². The van der Waals surface area contributed by atoms with Crippen LogP contribution in [0.4, 0.5) is 0 Å². The van der Waals surface area contributed by atoms with E-state index in [9.17, 15) is 10.2 Å². The molecule has 0 bridgehead atoms. The molecule has 5 heteroatoms. The van der Waals surface area contributed by atoms with Crippen molar-refractivity contribution < 1.29 is 14.9 Å². The van der Waals surface area contributed by atoms with Gasteiger partial charge in [-0.1, -0.05) is 18.2 Å². The minimum absolute atomic E-state index is 0. The third-order valence-electron chi connectivity index (χ3n) is 4.22. The van der Waals surface area contributed by atoms with Crippen molar-refractivity contribution >= 4 is 23.2 Å². The standard InChI is InChI=1S/C18H23NO3.ClH/c1-12-10-19(11-13(2)22-12)7-6-14-4-3-5-15-8-16(20)9-17(21)18(14)15;/h3-5,8-9,12-13,20-21H,6-7,10-11H2,1-2H3;1H. The zero-order chi connectivity index (χ0) is 15.7. The highest BCUT2D eigenvalue weighted by Crippen LogP contribution is 2.32. The molecule has 1 saturated heterocycles. The lowest BCUT2D eigenvalue weighted by Crippen LogP contribution is -2.46. The molecule has 3 rings (SSSR count). The van der Waals surface area contributed by atoms with Gasteiger partial charge in [0.25, 0.3) is 0 Å². The van der Waals surface area contributed by atoms with Crippen molar-refractivity contribution in [2.24, 2.45) is 0 Å². The maximum atomic E-state index is 10.2. The summed E-state index contributed by atoms with van der Waals surface area (Å²) in [5, 5.41) is 21.5. The van der Waals surface area contributed by atoms with E-state index in [2.05, 4.69) is 18.7 Å². The quantitative estimate of drug-likeness (QED) is 0.902. The van der Waals surface area contributed by atoms with Crippen LogP contribution >= 0.6 is 12.4 Å². The summed E-state index contributed by atoms with van der Waals surface area (Å²) in [5.41, 5.74) is 1.11. The van der Waals surface area contributed by atoms with E-state index in [1.54, 1.807) is 6.07 Å². The number of hydrogen-bond acceptors (Lipinski definition) is 4. The lowest BCUT2D eigenvalue weighted by Gasteiger charge is -2.35. The molecule has 126 valence electrons. The number of halogens is 1. The Balaban J connectivity index is 0.00000192. The molecular weight excluding hydrogens is 314 g/mol. The summed E-state index contributed by atoms with van der Waals surface area (Å²) in [6, 6.07) is 9.03. The molecule has 0 aliphatic carbocycles. The zero-order valence-electron chi connectivity index (χ0n) is 13.5. The Kier molecular flexibility index (Phi) is 5.74. The molecule has 2 aromatic carbocycles. The van der Waals surface area contributed by atoms with Gasteiger partial charge in [0.1, 0.15) is 11.5 Å². The van der Waals surface area contributed by atoms with Crippen molar-refractivity contribution in [2.45, 2.75) is 32.5 Å². The first-order chi connectivity index (χ1) is 10.5. The predicted octanol–water partition coefficient (Wildman–Crippen LogP) is 3.32. The predicted molar refractivity (Wildman–Crippen MR) is 94.7 cm³/mol. The van der Waals surface area contributed by atoms with Gasteiger partial charge in [0.15, 0.2) is 0 Å². The van der Waals surface area contributed by atoms with E-state index >= 15 is 0 Å². The van der Waals surface area contributed by atoms with E-state index in [-0.39, 0.29) is 36.1 Å². The van der Waals surface area contributed by atoms with Gasteiger partial charge >= 0.3 is 0 Å². The fourth-order valence-electron chi connectivity index (χ4n) is 3.42. The molecule has 4 nitrogen and oxygen atoms in total. The summed E-state index contributed by atoms with van der Waals surface area (Å²) in [6.45, 7) is 7.05. The van der Waals surface area contributed by atoms with Crippen LogP contribution < -0.4 is 0 Å². The molecule has 0 amide bonds. The van der Waals surface area contributed by atoms with E-state index in [0.717, 1.165) is 42.4 Å². The number of morpholine rings is 1. The molecule has 0 saturated carbocycles. The van der Waals surface area contributed by atoms with Crippen LogP contribution in [-0.4, -0.2) is 47.0 Å².